The highest BCUT2D eigenvalue weighted by Crippen LogP contribution is 1.92. The Hall–Kier alpha value is -9.82. The topological polar surface area (TPSA) is 425 Å². The molecule has 0 aromatic carbocycles. The molecule has 1 aliphatic heterocycles. The molecule has 79 heavy (non-hydrogen) atoms. The Morgan fingerprint density at radius 3 is 0.544 bits per heavy atom. The molecule has 0 aliphatic carbocycles. The highest BCUT2D eigenvalue weighted by molar-refractivity contribution is 6.05. The lowest BCUT2D eigenvalue weighted by molar-refractivity contribution is -0.150. The van der Waals surface area contributed by atoms with Crippen LogP contribution in [0.1, 0.15) is 83.1 Å². The summed E-state index contributed by atoms with van der Waals surface area (Å²) in [5.74, 6) is -10.0. The number of carbonyl (C=O) groups is 14. The van der Waals surface area contributed by atoms with Crippen molar-refractivity contribution in [2.75, 3.05) is 39.6 Å². The minimum Gasteiger partial charge on any atom is -0.478 e. The van der Waals surface area contributed by atoms with Gasteiger partial charge in [-0.15, -0.1) is 0 Å². The minimum absolute atomic E-state index is 0.253. The van der Waals surface area contributed by atoms with Crippen molar-refractivity contribution >= 4 is 83.6 Å². The molecule has 0 bridgehead atoms. The maximum absolute atomic E-state index is 10.4. The summed E-state index contributed by atoms with van der Waals surface area (Å²) in [5, 5.41) is 47.6. The van der Waals surface area contributed by atoms with Gasteiger partial charge >= 0.3 is 83.6 Å². The zero-order chi connectivity index (χ0) is 63.4. The summed E-state index contributed by atoms with van der Waals surface area (Å²) >= 11 is 0. The Labute approximate surface area is 457 Å². The summed E-state index contributed by atoms with van der Waals surface area (Å²) < 4.78 is 30.9. The third kappa shape index (κ3) is 119. The quantitative estimate of drug-likeness (QED) is 0.0426. The molecule has 27 nitrogen and oxygen atoms in total. The number of allylic oxidation sites excluding steroid dienone is 6. The molecule has 0 spiro atoms. The molecule has 27 heteroatoms. The molecule has 1 aliphatic rings. The van der Waals surface area contributed by atoms with Crippen molar-refractivity contribution in [3.63, 3.8) is 0 Å². The fourth-order valence-electron chi connectivity index (χ4n) is 2.70. The lowest BCUT2D eigenvalue weighted by atomic mass is 10.5. The van der Waals surface area contributed by atoms with Gasteiger partial charge in [-0.05, 0) is 83.1 Å². The van der Waals surface area contributed by atoms with E-state index in [0.29, 0.717) is 19.8 Å². The van der Waals surface area contributed by atoms with Crippen LogP contribution in [0.5, 0.6) is 0 Å². The summed E-state index contributed by atoms with van der Waals surface area (Å²) in [7, 11) is 0. The van der Waals surface area contributed by atoms with E-state index in [2.05, 4.69) is 33.2 Å². The summed E-state index contributed by atoms with van der Waals surface area (Å²) in [6.45, 7) is 22.7. The number of hydrogen-bond donors (Lipinski definition) is 6. The molecule has 0 radical (unpaired) electrons. The second kappa shape index (κ2) is 72.4. The molecular weight excluding hydrogens is 1060 g/mol. The first-order valence-corrected chi connectivity index (χ1v) is 22.6. The van der Waals surface area contributed by atoms with E-state index < -0.39 is 65.7 Å². The van der Waals surface area contributed by atoms with Crippen molar-refractivity contribution in [1.29, 1.82) is 0 Å². The molecule has 444 valence electrons. The number of hydrogen-bond acceptors (Lipinski definition) is 21. The van der Waals surface area contributed by atoms with Crippen molar-refractivity contribution in [2.45, 2.75) is 83.1 Å². The summed E-state index contributed by atoms with van der Waals surface area (Å²) in [6, 6.07) is 0. The lowest BCUT2D eigenvalue weighted by Gasteiger charge is -1.92. The van der Waals surface area contributed by atoms with Crippen LogP contribution in [0.15, 0.2) is 122 Å². The Balaban J connectivity index is -0.0000000990. The molecule has 0 unspecified atom stereocenters. The van der Waals surface area contributed by atoms with Crippen molar-refractivity contribution in [2.24, 2.45) is 0 Å². The van der Waals surface area contributed by atoms with E-state index in [4.69, 9.17) is 30.6 Å². The van der Waals surface area contributed by atoms with E-state index in [1.54, 1.807) is 101 Å². The highest BCUT2D eigenvalue weighted by Gasteiger charge is 2.10. The van der Waals surface area contributed by atoms with Gasteiger partial charge in [0.2, 0.25) is 0 Å². The molecule has 0 atom stereocenters. The minimum atomic E-state index is -1.16. The predicted octanol–water partition coefficient (Wildman–Crippen LogP) is 5.52. The van der Waals surface area contributed by atoms with Gasteiger partial charge in [-0.3, -0.25) is 0 Å². The Kier molecular flexibility index (Phi) is 81.4. The molecule has 0 aromatic heterocycles. The van der Waals surface area contributed by atoms with E-state index in [-0.39, 0.29) is 37.7 Å². The first-order chi connectivity index (χ1) is 37.0. The number of esters is 8. The van der Waals surface area contributed by atoms with Crippen LogP contribution in [0.2, 0.25) is 0 Å². The normalized spacial score (nSPS) is 10.4. The zero-order valence-electron chi connectivity index (χ0n) is 46.0. The van der Waals surface area contributed by atoms with Gasteiger partial charge in [0.25, 0.3) is 0 Å². The summed E-state index contributed by atoms with van der Waals surface area (Å²) in [6.07, 6.45) is 23.8. The van der Waals surface area contributed by atoms with E-state index in [1.807, 2.05) is 0 Å². The van der Waals surface area contributed by atoms with Gasteiger partial charge in [0, 0.05) is 85.1 Å². The molecule has 1 heterocycles. The summed E-state index contributed by atoms with van der Waals surface area (Å²) in [4.78, 5) is 140. The van der Waals surface area contributed by atoms with E-state index in [9.17, 15) is 67.1 Å². The van der Waals surface area contributed by atoms with E-state index in [0.717, 1.165) is 66.8 Å². The SMILES string of the molecule is C/C=C/C(=O)O.C/C=C/C(=O)O.C/C=C/C(=O)O.C/C=C/C(=O)OCC.C/C=C/C(=O)OCC.C/C=C/C(=O)OCC.CCOC(=O)/C=C/C(=O)O.CCOC(=O)/C=C/C(=O)O.CCOC(=O)/C=C\C(=O)O.O=C1C=CC(=O)O1. The Morgan fingerprint density at radius 2 is 0.456 bits per heavy atom. The van der Waals surface area contributed by atoms with Gasteiger partial charge in [0.15, 0.2) is 0 Å². The Morgan fingerprint density at radius 1 is 0.304 bits per heavy atom. The van der Waals surface area contributed by atoms with Crippen LogP contribution >= 0.6 is 0 Å². The van der Waals surface area contributed by atoms with Crippen LogP contribution in [-0.2, 0) is 100 Å². The predicted molar refractivity (Wildman–Crippen MR) is 282 cm³/mol. The molecule has 0 saturated heterocycles. The maximum atomic E-state index is 10.4. The third-order valence-corrected chi connectivity index (χ3v) is 5.20. The monoisotopic (exact) mass is 1130 g/mol. The van der Waals surface area contributed by atoms with E-state index >= 15 is 0 Å². The van der Waals surface area contributed by atoms with Gasteiger partial charge in [-0.25, -0.2) is 67.1 Å². The van der Waals surface area contributed by atoms with Crippen LogP contribution < -0.4 is 0 Å². The largest absolute Gasteiger partial charge is 0.478 e. The van der Waals surface area contributed by atoms with Crippen molar-refractivity contribution in [1.82, 2.24) is 0 Å². The number of carboxylic acids is 6. The number of aliphatic carboxylic acids is 6. The second-order valence-corrected chi connectivity index (χ2v) is 11.6. The number of ether oxygens (including phenoxy) is 7. The van der Waals surface area contributed by atoms with Crippen LogP contribution in [-0.4, -0.2) is 154 Å². The van der Waals surface area contributed by atoms with Crippen molar-refractivity contribution in [3.8, 4) is 0 Å². The summed E-state index contributed by atoms with van der Waals surface area (Å²) in [5.41, 5.74) is 0. The molecule has 1 rings (SSSR count). The molecule has 6 N–H and O–H groups in total. The van der Waals surface area contributed by atoms with Gasteiger partial charge in [-0.2, -0.15) is 0 Å². The number of carboxylic acid groups (broad SMARTS) is 6. The van der Waals surface area contributed by atoms with Crippen LogP contribution in [0.25, 0.3) is 0 Å². The average molecular weight is 1130 g/mol. The van der Waals surface area contributed by atoms with Gasteiger partial charge in [0.1, 0.15) is 0 Å². The van der Waals surface area contributed by atoms with E-state index in [1.165, 1.54) is 36.5 Å². The molecule has 0 fully saturated rings. The fourth-order valence-corrected chi connectivity index (χ4v) is 2.70. The third-order valence-electron chi connectivity index (χ3n) is 5.20. The first kappa shape index (κ1) is 88.8. The molecule has 0 saturated carbocycles. The number of carbonyl (C=O) groups excluding carboxylic acids is 8. The fraction of sp³-hybridized carbons (Fsp3) is 0.346. The standard InChI is InChI=1S/3C6H8O4.3C6H10O2.C4H2O3.3C4H6O2/c3*1-2-10-6(9)4-3-5(7)8;3*1-3-5-6(7)8-4-2;5-3-1-2-4(6)7-3;3*1-2-3-4(5)6/h3*3-4H,2H2,1H3,(H,7,8);3*3,5H,4H2,1-2H3;1-2H;3*2-3H,1H3,(H,5,6)/b2*4-3+;4-3-;3*5-3+;;3*3-2+. The average Bonchev–Trinajstić information content (AvgIpc) is 3.73. The molecule has 0 aromatic rings. The molecule has 0 amide bonds. The zero-order valence-corrected chi connectivity index (χ0v) is 46.0. The van der Waals surface area contributed by atoms with Crippen LogP contribution in [0.3, 0.4) is 0 Å². The number of rotatable bonds is 18. The number of cyclic esters (lactones) is 2. The van der Waals surface area contributed by atoms with Crippen LogP contribution in [0, 0.1) is 0 Å². The van der Waals surface area contributed by atoms with Gasteiger partial charge in [0.05, 0.1) is 39.6 Å². The second-order valence-electron chi connectivity index (χ2n) is 11.6. The highest BCUT2D eigenvalue weighted by atomic mass is 16.6. The molecular formula is C52H74O27. The first-order valence-electron chi connectivity index (χ1n) is 22.6. The smallest absolute Gasteiger partial charge is 0.338 e. The van der Waals surface area contributed by atoms with Crippen molar-refractivity contribution in [3.05, 3.63) is 122 Å². The van der Waals surface area contributed by atoms with Crippen molar-refractivity contribution < 1.29 is 131 Å². The van der Waals surface area contributed by atoms with Gasteiger partial charge < -0.3 is 63.8 Å². The lowest BCUT2D eigenvalue weighted by Crippen LogP contribution is -2.00. The van der Waals surface area contributed by atoms with Crippen LogP contribution in [0.4, 0.5) is 0 Å². The maximum Gasteiger partial charge on any atom is 0.338 e. The van der Waals surface area contributed by atoms with Gasteiger partial charge in [-0.1, -0.05) is 36.5 Å². The Bertz CT molecular complexity index is 1870.